The molecule has 0 spiro atoms. The van der Waals surface area contributed by atoms with Crippen LogP contribution in [0.5, 0.6) is 0 Å². The molecule has 4 nitrogen and oxygen atoms in total. The third-order valence-electron chi connectivity index (χ3n) is 2.82. The van der Waals surface area contributed by atoms with Gasteiger partial charge in [-0.1, -0.05) is 18.2 Å². The highest BCUT2D eigenvalue weighted by Crippen LogP contribution is 2.22. The van der Waals surface area contributed by atoms with Crippen molar-refractivity contribution in [3.63, 3.8) is 0 Å². The van der Waals surface area contributed by atoms with E-state index in [0.717, 1.165) is 22.2 Å². The van der Waals surface area contributed by atoms with E-state index in [1.54, 1.807) is 12.1 Å². The van der Waals surface area contributed by atoms with Gasteiger partial charge in [0.15, 0.2) is 0 Å². The van der Waals surface area contributed by atoms with Gasteiger partial charge in [-0.15, -0.1) is 11.3 Å². The van der Waals surface area contributed by atoms with Gasteiger partial charge < -0.3 is 10.1 Å². The molecule has 0 aliphatic carbocycles. The van der Waals surface area contributed by atoms with Crippen LogP contribution in [0.15, 0.2) is 42.5 Å². The minimum Gasteiger partial charge on any atom is -0.477 e. The van der Waals surface area contributed by atoms with Gasteiger partial charge in [0, 0.05) is 10.9 Å². The number of hydrogen-bond acceptors (Lipinski definition) is 3. The average molecular weight is 271 g/mol. The number of nitrogens with one attached hydrogen (secondary N) is 1. The Balaban J connectivity index is 2.00. The Labute approximate surface area is 112 Å². The van der Waals surface area contributed by atoms with Gasteiger partial charge in [0.1, 0.15) is 4.88 Å². The lowest BCUT2D eigenvalue weighted by atomic mass is 10.2. The number of ketones is 1. The maximum absolute atomic E-state index is 12.2. The molecule has 0 unspecified atom stereocenters. The summed E-state index contributed by atoms with van der Waals surface area (Å²) in [5.74, 6) is -1.20. The van der Waals surface area contributed by atoms with E-state index in [9.17, 15) is 9.59 Å². The second-order valence-corrected chi connectivity index (χ2v) is 5.15. The van der Waals surface area contributed by atoms with E-state index in [2.05, 4.69) is 4.98 Å². The quantitative estimate of drug-likeness (QED) is 0.719. The zero-order valence-electron chi connectivity index (χ0n) is 9.71. The lowest BCUT2D eigenvalue weighted by Crippen LogP contribution is -1.98. The first-order valence-corrected chi connectivity index (χ1v) is 6.42. The van der Waals surface area contributed by atoms with E-state index >= 15 is 0 Å². The number of para-hydroxylation sites is 1. The predicted molar refractivity (Wildman–Crippen MR) is 73.0 cm³/mol. The van der Waals surface area contributed by atoms with E-state index in [0.29, 0.717) is 10.6 Å². The smallest absolute Gasteiger partial charge is 0.345 e. The summed E-state index contributed by atoms with van der Waals surface area (Å²) in [4.78, 5) is 26.7. The fourth-order valence-electron chi connectivity index (χ4n) is 1.90. The second-order valence-electron chi connectivity index (χ2n) is 4.07. The Morgan fingerprint density at radius 1 is 1.05 bits per heavy atom. The Kier molecular flexibility index (Phi) is 2.68. The first-order valence-electron chi connectivity index (χ1n) is 5.61. The Bertz CT molecular complexity index is 752. The highest BCUT2D eigenvalue weighted by Gasteiger charge is 2.16. The van der Waals surface area contributed by atoms with Gasteiger partial charge in [0.2, 0.25) is 5.78 Å². The molecule has 0 aliphatic rings. The molecule has 0 saturated carbocycles. The number of benzene rings is 1. The van der Waals surface area contributed by atoms with E-state index in [1.165, 1.54) is 6.07 Å². The summed E-state index contributed by atoms with van der Waals surface area (Å²) in [6, 6.07) is 12.4. The van der Waals surface area contributed by atoms with Gasteiger partial charge in [-0.05, 0) is 24.3 Å². The molecule has 0 fully saturated rings. The molecule has 2 aromatic heterocycles. The summed E-state index contributed by atoms with van der Waals surface area (Å²) < 4.78 is 0. The van der Waals surface area contributed by atoms with Crippen molar-refractivity contribution in [1.82, 2.24) is 4.98 Å². The number of aromatic nitrogens is 1. The van der Waals surface area contributed by atoms with Crippen LogP contribution in [-0.4, -0.2) is 21.8 Å². The number of hydrogen-bond donors (Lipinski definition) is 2. The van der Waals surface area contributed by atoms with Gasteiger partial charge in [-0.3, -0.25) is 4.79 Å². The van der Waals surface area contributed by atoms with Crippen LogP contribution in [0.1, 0.15) is 25.0 Å². The summed E-state index contributed by atoms with van der Waals surface area (Å²) in [5, 5.41) is 9.82. The number of rotatable bonds is 3. The maximum Gasteiger partial charge on any atom is 0.345 e. The van der Waals surface area contributed by atoms with Gasteiger partial charge in [-0.2, -0.15) is 0 Å². The first kappa shape index (κ1) is 11.7. The topological polar surface area (TPSA) is 70.2 Å². The van der Waals surface area contributed by atoms with E-state index in [-0.39, 0.29) is 10.7 Å². The monoisotopic (exact) mass is 271 g/mol. The number of thiophene rings is 1. The van der Waals surface area contributed by atoms with Crippen LogP contribution < -0.4 is 0 Å². The van der Waals surface area contributed by atoms with Crippen LogP contribution in [0, 0.1) is 0 Å². The third-order valence-corrected chi connectivity index (χ3v) is 3.89. The number of carboxylic acids is 1. The molecule has 0 aliphatic heterocycles. The number of aromatic amines is 1. The van der Waals surface area contributed by atoms with Crippen molar-refractivity contribution < 1.29 is 14.7 Å². The minimum absolute atomic E-state index is 0.166. The van der Waals surface area contributed by atoms with Crippen LogP contribution in [0.25, 0.3) is 10.9 Å². The van der Waals surface area contributed by atoms with Crippen LogP contribution >= 0.6 is 11.3 Å². The van der Waals surface area contributed by atoms with E-state index in [1.807, 2.05) is 24.3 Å². The van der Waals surface area contributed by atoms with Crippen molar-refractivity contribution >= 4 is 34.0 Å². The molecule has 0 saturated heterocycles. The SMILES string of the molecule is O=C(O)c1ccc(C(=O)c2cc3ccccc3[nH]2)s1. The van der Waals surface area contributed by atoms with Crippen LogP contribution in [0.2, 0.25) is 0 Å². The predicted octanol–water partition coefficient (Wildman–Crippen LogP) is 3.16. The average Bonchev–Trinajstić information content (AvgIpc) is 3.04. The largest absolute Gasteiger partial charge is 0.477 e. The summed E-state index contributed by atoms with van der Waals surface area (Å²) in [6.07, 6.45) is 0. The van der Waals surface area contributed by atoms with Crippen molar-refractivity contribution in [3.05, 3.63) is 57.9 Å². The zero-order chi connectivity index (χ0) is 13.4. The van der Waals surface area contributed by atoms with Crippen molar-refractivity contribution in [2.24, 2.45) is 0 Å². The molecule has 2 N–H and O–H groups in total. The van der Waals surface area contributed by atoms with E-state index < -0.39 is 5.97 Å². The molecular weight excluding hydrogens is 262 g/mol. The highest BCUT2D eigenvalue weighted by atomic mass is 32.1. The van der Waals surface area contributed by atoms with Crippen molar-refractivity contribution in [1.29, 1.82) is 0 Å². The minimum atomic E-state index is -1.01. The van der Waals surface area contributed by atoms with Crippen LogP contribution in [-0.2, 0) is 0 Å². The van der Waals surface area contributed by atoms with Gasteiger partial charge in [0.05, 0.1) is 10.6 Å². The fourth-order valence-corrected chi connectivity index (χ4v) is 2.70. The highest BCUT2D eigenvalue weighted by molar-refractivity contribution is 7.16. The summed E-state index contributed by atoms with van der Waals surface area (Å²) >= 11 is 0.985. The molecule has 0 radical (unpaired) electrons. The second kappa shape index (κ2) is 4.37. The maximum atomic E-state index is 12.2. The molecule has 94 valence electrons. The zero-order valence-corrected chi connectivity index (χ0v) is 10.5. The molecular formula is C14H9NO3S. The molecule has 19 heavy (non-hydrogen) atoms. The van der Waals surface area contributed by atoms with Crippen molar-refractivity contribution in [2.45, 2.75) is 0 Å². The van der Waals surface area contributed by atoms with Crippen LogP contribution in [0.4, 0.5) is 0 Å². The number of aromatic carboxylic acids is 1. The number of carbonyl (C=O) groups is 2. The summed E-state index contributed by atoms with van der Waals surface area (Å²) in [6.45, 7) is 0. The molecule has 2 heterocycles. The molecule has 0 bridgehead atoms. The van der Waals surface area contributed by atoms with Crippen molar-refractivity contribution in [2.75, 3.05) is 0 Å². The van der Waals surface area contributed by atoms with Gasteiger partial charge in [-0.25, -0.2) is 4.79 Å². The number of H-pyrrole nitrogens is 1. The van der Waals surface area contributed by atoms with Gasteiger partial charge >= 0.3 is 5.97 Å². The number of carbonyl (C=O) groups excluding carboxylic acids is 1. The third kappa shape index (κ3) is 2.04. The summed E-state index contributed by atoms with van der Waals surface area (Å²) in [7, 11) is 0. The first-order chi connectivity index (χ1) is 9.15. The molecule has 3 aromatic rings. The van der Waals surface area contributed by atoms with Gasteiger partial charge in [0.25, 0.3) is 0 Å². The van der Waals surface area contributed by atoms with E-state index in [4.69, 9.17) is 5.11 Å². The molecule has 1 aromatic carbocycles. The Morgan fingerprint density at radius 2 is 1.79 bits per heavy atom. The lowest BCUT2D eigenvalue weighted by Gasteiger charge is -1.92. The molecule has 3 rings (SSSR count). The Hall–Kier alpha value is -2.40. The molecule has 0 atom stereocenters. The Morgan fingerprint density at radius 3 is 2.47 bits per heavy atom. The van der Waals surface area contributed by atoms with Crippen molar-refractivity contribution in [3.8, 4) is 0 Å². The van der Waals surface area contributed by atoms with Crippen LogP contribution in [0.3, 0.4) is 0 Å². The standard InChI is InChI=1S/C14H9NO3S/c16-13(11-5-6-12(19-11)14(17)18)10-7-8-3-1-2-4-9(8)15-10/h1-7,15H,(H,17,18). The fraction of sp³-hybridized carbons (Fsp3) is 0. The molecule has 0 amide bonds. The summed E-state index contributed by atoms with van der Waals surface area (Å²) in [5.41, 5.74) is 1.36. The number of carboxylic acid groups (broad SMARTS) is 1. The number of fused-ring (bicyclic) bond motifs is 1. The lowest BCUT2D eigenvalue weighted by molar-refractivity contribution is 0.0702. The molecule has 5 heteroatoms. The normalized spacial score (nSPS) is 10.7.